The van der Waals surface area contributed by atoms with E-state index in [0.29, 0.717) is 6.54 Å². The molecule has 0 aromatic rings. The van der Waals surface area contributed by atoms with Crippen LogP contribution >= 0.6 is 0 Å². The van der Waals surface area contributed by atoms with Gasteiger partial charge in [0.15, 0.2) is 0 Å². The summed E-state index contributed by atoms with van der Waals surface area (Å²) in [6.45, 7) is 5.73. The van der Waals surface area contributed by atoms with Crippen LogP contribution in [0.25, 0.3) is 0 Å². The smallest absolute Gasteiger partial charge is 0.380 e. The lowest BCUT2D eigenvalue weighted by molar-refractivity contribution is -0.143. The fourth-order valence-corrected chi connectivity index (χ4v) is 2.87. The first-order valence-corrected chi connectivity index (χ1v) is 8.61. The van der Waals surface area contributed by atoms with Crippen LogP contribution in [-0.4, -0.2) is 62.3 Å². The Hall–Kier alpha value is -0.750. The molecule has 1 aliphatic rings. The highest BCUT2D eigenvalue weighted by molar-refractivity contribution is 5.12. The van der Waals surface area contributed by atoms with Crippen molar-refractivity contribution in [1.29, 1.82) is 0 Å². The van der Waals surface area contributed by atoms with Crippen LogP contribution in [0.5, 0.6) is 0 Å². The molecule has 1 saturated heterocycles. The molecule has 0 amide bonds. The first kappa shape index (κ1) is 22.2. The van der Waals surface area contributed by atoms with E-state index < -0.39 is 12.7 Å². The summed E-state index contributed by atoms with van der Waals surface area (Å²) in [6.07, 6.45) is 2.15. The molecule has 0 saturated carbocycles. The van der Waals surface area contributed by atoms with Gasteiger partial charge in [0, 0.05) is 38.4 Å². The first-order chi connectivity index (χ1) is 10.7. The molecule has 3 nitrogen and oxygen atoms in total. The molecule has 0 radical (unpaired) electrons. The Balaban J connectivity index is 0.00000232. The lowest BCUT2D eigenvalue weighted by Crippen LogP contribution is -2.43. The van der Waals surface area contributed by atoms with Crippen molar-refractivity contribution in [2.45, 2.75) is 64.7 Å². The van der Waals surface area contributed by atoms with Crippen molar-refractivity contribution in [2.75, 3.05) is 34.2 Å². The monoisotopic (exact) mass is 337 g/mol. The van der Waals surface area contributed by atoms with Crippen molar-refractivity contribution in [3.8, 4) is 0 Å². The van der Waals surface area contributed by atoms with Crippen LogP contribution < -0.4 is 5.32 Å². The van der Waals surface area contributed by atoms with E-state index in [-0.39, 0.29) is 12.1 Å². The third-order valence-corrected chi connectivity index (χ3v) is 3.74. The second kappa shape index (κ2) is 10.9. The maximum absolute atomic E-state index is 12.4. The highest BCUT2D eigenvalue weighted by Crippen LogP contribution is 2.22. The third kappa shape index (κ3) is 9.20. The summed E-state index contributed by atoms with van der Waals surface area (Å²) in [5.41, 5.74) is 1.25. The highest BCUT2D eigenvalue weighted by Gasteiger charge is 2.32. The number of allylic oxidation sites excluding steroid dienone is 1. The number of alkyl halides is 3. The fourth-order valence-electron chi connectivity index (χ4n) is 2.87. The van der Waals surface area contributed by atoms with E-state index in [2.05, 4.69) is 23.2 Å². The number of nitrogens with one attached hydrogen (secondary N) is 1. The molecule has 0 bridgehead atoms. The van der Waals surface area contributed by atoms with E-state index in [1.807, 2.05) is 27.9 Å². The van der Waals surface area contributed by atoms with Gasteiger partial charge in [-0.1, -0.05) is 33.3 Å². The minimum Gasteiger partial charge on any atom is -0.380 e. The Bertz CT molecular complexity index is 340. The SMILES string of the molecule is CC.CCC/C=C(/C1CCC(CN(C)CC(F)(F)F)N1)N(C)C. The molecule has 0 aliphatic carbocycles. The van der Waals surface area contributed by atoms with Crippen molar-refractivity contribution in [3.05, 3.63) is 11.8 Å². The number of hydrogen-bond acceptors (Lipinski definition) is 3. The normalized spacial score (nSPS) is 22.1. The van der Waals surface area contributed by atoms with Crippen LogP contribution in [0.15, 0.2) is 11.8 Å². The number of nitrogens with zero attached hydrogens (tertiary/aromatic N) is 2. The number of hydrogen-bond donors (Lipinski definition) is 1. The van der Waals surface area contributed by atoms with E-state index in [9.17, 15) is 13.2 Å². The van der Waals surface area contributed by atoms with Crippen molar-refractivity contribution in [3.63, 3.8) is 0 Å². The Morgan fingerprint density at radius 3 is 2.26 bits per heavy atom. The molecule has 2 atom stereocenters. The van der Waals surface area contributed by atoms with Gasteiger partial charge in [-0.05, 0) is 26.3 Å². The van der Waals surface area contributed by atoms with E-state index in [1.54, 1.807) is 0 Å². The molecule has 0 aromatic carbocycles. The Morgan fingerprint density at radius 1 is 1.17 bits per heavy atom. The summed E-state index contributed by atoms with van der Waals surface area (Å²) in [6, 6.07) is 0.392. The second-order valence-corrected chi connectivity index (χ2v) is 6.12. The summed E-state index contributed by atoms with van der Waals surface area (Å²) in [7, 11) is 5.57. The highest BCUT2D eigenvalue weighted by atomic mass is 19.4. The zero-order chi connectivity index (χ0) is 18.0. The average Bonchev–Trinajstić information content (AvgIpc) is 2.87. The predicted octanol–water partition coefficient (Wildman–Crippen LogP) is 3.87. The van der Waals surface area contributed by atoms with E-state index in [4.69, 9.17) is 0 Å². The van der Waals surface area contributed by atoms with E-state index >= 15 is 0 Å². The molecule has 1 N–H and O–H groups in total. The standard InChI is InChI=1S/C15H28F3N3.C2H6/c1-5-6-7-14(20(2)3)13-9-8-12(19-13)10-21(4)11-15(16,17)18;1-2/h7,12-13,19H,5-6,8-11H2,1-4H3;1-2H3/b14-7-;. The molecular formula is C17H34F3N3. The molecule has 6 heteroatoms. The summed E-state index contributed by atoms with van der Waals surface area (Å²) >= 11 is 0. The van der Waals surface area contributed by atoms with Gasteiger partial charge in [0.05, 0.1) is 6.54 Å². The van der Waals surface area contributed by atoms with Gasteiger partial charge < -0.3 is 10.2 Å². The molecule has 2 unspecified atom stereocenters. The third-order valence-electron chi connectivity index (χ3n) is 3.74. The van der Waals surface area contributed by atoms with Gasteiger partial charge in [0.2, 0.25) is 0 Å². The topological polar surface area (TPSA) is 18.5 Å². The maximum Gasteiger partial charge on any atom is 0.401 e. The van der Waals surface area contributed by atoms with Gasteiger partial charge >= 0.3 is 6.18 Å². The summed E-state index contributed by atoms with van der Waals surface area (Å²) in [5, 5.41) is 3.48. The van der Waals surface area contributed by atoms with Crippen molar-refractivity contribution in [2.24, 2.45) is 0 Å². The minimum atomic E-state index is -4.12. The minimum absolute atomic E-state index is 0.132. The molecule has 1 aliphatic heterocycles. The van der Waals surface area contributed by atoms with Gasteiger partial charge in [-0.15, -0.1) is 0 Å². The van der Waals surface area contributed by atoms with Crippen LogP contribution in [0.2, 0.25) is 0 Å². The lowest BCUT2D eigenvalue weighted by atomic mass is 10.1. The largest absolute Gasteiger partial charge is 0.401 e. The number of rotatable bonds is 7. The predicted molar refractivity (Wildman–Crippen MR) is 91.5 cm³/mol. The Kier molecular flexibility index (Phi) is 10.6. The molecule has 0 aromatic heterocycles. The van der Waals surface area contributed by atoms with Crippen LogP contribution in [0, 0.1) is 0 Å². The van der Waals surface area contributed by atoms with Crippen molar-refractivity contribution >= 4 is 0 Å². The molecule has 23 heavy (non-hydrogen) atoms. The second-order valence-electron chi connectivity index (χ2n) is 6.12. The van der Waals surface area contributed by atoms with Crippen LogP contribution in [-0.2, 0) is 0 Å². The summed E-state index contributed by atoms with van der Waals surface area (Å²) in [5.74, 6) is 0. The molecule has 0 spiro atoms. The quantitative estimate of drug-likeness (QED) is 0.761. The Labute approximate surface area is 139 Å². The number of halogens is 3. The van der Waals surface area contributed by atoms with Gasteiger partial charge in [-0.3, -0.25) is 4.90 Å². The molecule has 1 rings (SSSR count). The van der Waals surface area contributed by atoms with E-state index in [1.165, 1.54) is 17.6 Å². The number of unbranched alkanes of at least 4 members (excludes halogenated alkanes) is 1. The maximum atomic E-state index is 12.4. The zero-order valence-electron chi connectivity index (χ0n) is 15.5. The lowest BCUT2D eigenvalue weighted by Gasteiger charge is -2.26. The Morgan fingerprint density at radius 2 is 1.78 bits per heavy atom. The molecule has 1 fully saturated rings. The summed E-state index contributed by atoms with van der Waals surface area (Å²) < 4.78 is 37.1. The fraction of sp³-hybridized carbons (Fsp3) is 0.882. The van der Waals surface area contributed by atoms with Crippen molar-refractivity contribution < 1.29 is 13.2 Å². The van der Waals surface area contributed by atoms with Crippen LogP contribution in [0.4, 0.5) is 13.2 Å². The molecule has 1 heterocycles. The van der Waals surface area contributed by atoms with Gasteiger partial charge in [0.25, 0.3) is 0 Å². The summed E-state index contributed by atoms with van der Waals surface area (Å²) in [4.78, 5) is 3.46. The van der Waals surface area contributed by atoms with Crippen molar-refractivity contribution in [1.82, 2.24) is 15.1 Å². The number of likely N-dealkylation sites (N-methyl/N-ethyl adjacent to an activating group) is 2. The van der Waals surface area contributed by atoms with E-state index in [0.717, 1.165) is 25.7 Å². The van der Waals surface area contributed by atoms with Gasteiger partial charge in [-0.2, -0.15) is 13.2 Å². The van der Waals surface area contributed by atoms with Crippen LogP contribution in [0.3, 0.4) is 0 Å². The average molecular weight is 337 g/mol. The zero-order valence-corrected chi connectivity index (χ0v) is 15.5. The molecule has 138 valence electrons. The molecular weight excluding hydrogens is 303 g/mol. The van der Waals surface area contributed by atoms with Crippen LogP contribution in [0.1, 0.15) is 46.5 Å². The van der Waals surface area contributed by atoms with Gasteiger partial charge in [-0.25, -0.2) is 0 Å². The first-order valence-electron chi connectivity index (χ1n) is 8.61. The van der Waals surface area contributed by atoms with Gasteiger partial charge in [0.1, 0.15) is 0 Å².